The normalized spacial score (nSPS) is 22.3. The molecule has 0 saturated carbocycles. The van der Waals surface area contributed by atoms with Gasteiger partial charge in [-0.05, 0) is 31.5 Å². The van der Waals surface area contributed by atoms with Crippen LogP contribution >= 0.6 is 0 Å². The van der Waals surface area contributed by atoms with E-state index in [2.05, 4.69) is 4.90 Å². The maximum Gasteiger partial charge on any atom is 0.0481 e. The van der Waals surface area contributed by atoms with Gasteiger partial charge in [0.05, 0.1) is 0 Å². The molecule has 1 heterocycles. The van der Waals surface area contributed by atoms with Crippen molar-refractivity contribution in [3.05, 3.63) is 35.9 Å². The van der Waals surface area contributed by atoms with Crippen molar-refractivity contribution in [2.24, 2.45) is 0 Å². The van der Waals surface area contributed by atoms with Gasteiger partial charge in [-0.1, -0.05) is 36.8 Å². The molecule has 0 spiro atoms. The minimum Gasteiger partial charge on any atom is -0.299 e. The number of hydrogen-bond acceptors (Lipinski definition) is 1. The third-order valence-corrected chi connectivity index (χ3v) is 2.52. The molecule has 0 radical (unpaired) electrons. The zero-order valence-corrected chi connectivity index (χ0v) is 7.95. The smallest absolute Gasteiger partial charge is 0.0481 e. The second kappa shape index (κ2) is 4.43. The van der Waals surface area contributed by atoms with Crippen LogP contribution in [0.15, 0.2) is 30.3 Å². The maximum atomic E-state index is 8.13. The first-order valence-corrected chi connectivity index (χ1v) is 5.09. The first-order chi connectivity index (χ1) is 6.88. The van der Waals surface area contributed by atoms with E-state index in [1.54, 1.807) is 0 Å². The highest BCUT2D eigenvalue weighted by molar-refractivity contribution is 5.14. The summed E-state index contributed by atoms with van der Waals surface area (Å²) in [6.45, 7) is 2.02. The maximum absolute atomic E-state index is 8.13. The topological polar surface area (TPSA) is 3.24 Å². The van der Waals surface area contributed by atoms with Crippen LogP contribution in [-0.2, 0) is 6.52 Å². The van der Waals surface area contributed by atoms with Crippen LogP contribution in [0.3, 0.4) is 0 Å². The quantitative estimate of drug-likeness (QED) is 0.669. The van der Waals surface area contributed by atoms with Crippen molar-refractivity contribution in [2.75, 3.05) is 13.1 Å². The molecule has 1 aliphatic heterocycles. The second-order valence-corrected chi connectivity index (χ2v) is 3.64. The van der Waals surface area contributed by atoms with E-state index in [4.69, 9.17) is 1.37 Å². The van der Waals surface area contributed by atoms with E-state index in [0.717, 1.165) is 18.7 Å². The number of piperidine rings is 1. The van der Waals surface area contributed by atoms with E-state index in [-0.39, 0.29) is 6.52 Å². The molecular weight excluding hydrogens is 158 g/mol. The fourth-order valence-corrected chi connectivity index (χ4v) is 1.80. The van der Waals surface area contributed by atoms with Crippen molar-refractivity contribution in [3.63, 3.8) is 0 Å². The molecule has 0 aromatic heterocycles. The van der Waals surface area contributed by atoms with Crippen molar-refractivity contribution in [1.82, 2.24) is 4.90 Å². The van der Waals surface area contributed by atoms with E-state index in [9.17, 15) is 0 Å². The third kappa shape index (κ3) is 2.56. The van der Waals surface area contributed by atoms with Crippen molar-refractivity contribution in [1.29, 1.82) is 0 Å². The Kier molecular flexibility index (Phi) is 2.58. The Morgan fingerprint density at radius 2 is 1.77 bits per heavy atom. The molecule has 1 nitrogen and oxygen atoms in total. The molecular formula is C12H17N. The summed E-state index contributed by atoms with van der Waals surface area (Å²) in [6, 6.07) is 10.1. The first-order valence-electron chi connectivity index (χ1n) is 5.67. The second-order valence-electron chi connectivity index (χ2n) is 3.64. The van der Waals surface area contributed by atoms with E-state index >= 15 is 0 Å². The molecule has 1 aliphatic rings. The molecule has 1 aromatic rings. The Hall–Kier alpha value is -0.820. The molecule has 1 heteroatoms. The van der Waals surface area contributed by atoms with Gasteiger partial charge >= 0.3 is 0 Å². The molecule has 70 valence electrons. The summed E-state index contributed by atoms with van der Waals surface area (Å²) >= 11 is 0. The fourth-order valence-electron chi connectivity index (χ4n) is 1.80. The van der Waals surface area contributed by atoms with Crippen LogP contribution in [0, 0.1) is 0 Å². The molecule has 1 saturated heterocycles. The van der Waals surface area contributed by atoms with Gasteiger partial charge in [0, 0.05) is 7.89 Å². The van der Waals surface area contributed by atoms with Crippen LogP contribution in [0.25, 0.3) is 0 Å². The van der Waals surface area contributed by atoms with E-state index < -0.39 is 0 Å². The predicted octanol–water partition coefficient (Wildman–Crippen LogP) is 2.67. The van der Waals surface area contributed by atoms with Crippen molar-refractivity contribution >= 4 is 0 Å². The first kappa shape index (κ1) is 7.57. The highest BCUT2D eigenvalue weighted by atomic mass is 15.1. The highest BCUT2D eigenvalue weighted by Gasteiger charge is 2.09. The molecule has 0 N–H and O–H groups in total. The van der Waals surface area contributed by atoms with Gasteiger partial charge in [0.25, 0.3) is 0 Å². The summed E-state index contributed by atoms with van der Waals surface area (Å²) in [6.07, 6.45) is 3.84. The van der Waals surface area contributed by atoms with E-state index in [1.165, 1.54) is 19.3 Å². The Morgan fingerprint density at radius 3 is 2.46 bits per heavy atom. The molecule has 1 unspecified atom stereocenters. The van der Waals surface area contributed by atoms with Crippen LogP contribution in [0.2, 0.25) is 0 Å². The van der Waals surface area contributed by atoms with E-state index in [1.807, 2.05) is 30.3 Å². The summed E-state index contributed by atoms with van der Waals surface area (Å²) in [5.41, 5.74) is 1.12. The number of likely N-dealkylation sites (tertiary alicyclic amines) is 1. The van der Waals surface area contributed by atoms with Gasteiger partial charge in [-0.25, -0.2) is 0 Å². The van der Waals surface area contributed by atoms with Crippen LogP contribution in [0.1, 0.15) is 26.2 Å². The molecule has 0 amide bonds. The molecule has 0 aliphatic carbocycles. The SMILES string of the molecule is [2H]C(c1ccccc1)N1CCCCC1. The van der Waals surface area contributed by atoms with Gasteiger partial charge < -0.3 is 0 Å². The zero-order chi connectivity index (χ0) is 9.80. The standard InChI is InChI=1S/C12H17N/c1-3-7-12(8-4-1)11-13-9-5-2-6-10-13/h1,3-4,7-8H,2,5-6,9-11H2/i11D. The van der Waals surface area contributed by atoms with Gasteiger partial charge in [-0.3, -0.25) is 4.90 Å². The summed E-state index contributed by atoms with van der Waals surface area (Å²) in [7, 11) is 0. The fraction of sp³-hybridized carbons (Fsp3) is 0.500. The van der Waals surface area contributed by atoms with Gasteiger partial charge in [-0.15, -0.1) is 0 Å². The molecule has 0 bridgehead atoms. The molecule has 1 aromatic carbocycles. The molecule has 2 rings (SSSR count). The third-order valence-electron chi connectivity index (χ3n) is 2.52. The number of nitrogens with zero attached hydrogens (tertiary/aromatic N) is 1. The Bertz CT molecular complexity index is 267. The number of hydrogen-bond donors (Lipinski definition) is 0. The summed E-state index contributed by atoms with van der Waals surface area (Å²) < 4.78 is 8.13. The summed E-state index contributed by atoms with van der Waals surface area (Å²) in [5, 5.41) is 0. The van der Waals surface area contributed by atoms with Crippen LogP contribution in [0.4, 0.5) is 0 Å². The lowest BCUT2D eigenvalue weighted by molar-refractivity contribution is 0.221. The molecule has 13 heavy (non-hydrogen) atoms. The van der Waals surface area contributed by atoms with Crippen LogP contribution in [-0.4, -0.2) is 18.0 Å². The Labute approximate surface area is 81.8 Å². The largest absolute Gasteiger partial charge is 0.299 e. The average Bonchev–Trinajstić information content (AvgIpc) is 2.30. The average molecular weight is 176 g/mol. The molecule has 1 atom stereocenters. The lowest BCUT2D eigenvalue weighted by Gasteiger charge is -2.26. The summed E-state index contributed by atoms with van der Waals surface area (Å²) in [5.74, 6) is 0. The summed E-state index contributed by atoms with van der Waals surface area (Å²) in [4.78, 5) is 2.26. The van der Waals surface area contributed by atoms with Crippen molar-refractivity contribution in [2.45, 2.75) is 25.8 Å². The number of rotatable bonds is 2. The minimum absolute atomic E-state index is 0.156. The predicted molar refractivity (Wildman–Crippen MR) is 55.6 cm³/mol. The van der Waals surface area contributed by atoms with E-state index in [0.29, 0.717) is 0 Å². The highest BCUT2D eigenvalue weighted by Crippen LogP contribution is 2.12. The molecule has 1 fully saturated rings. The lowest BCUT2D eigenvalue weighted by atomic mass is 10.1. The van der Waals surface area contributed by atoms with Crippen LogP contribution < -0.4 is 0 Å². The Balaban J connectivity index is 2.03. The van der Waals surface area contributed by atoms with Gasteiger partial charge in [0.1, 0.15) is 0 Å². The zero-order valence-electron chi connectivity index (χ0n) is 8.95. The minimum atomic E-state index is -0.156. The van der Waals surface area contributed by atoms with Gasteiger partial charge in [0.15, 0.2) is 0 Å². The van der Waals surface area contributed by atoms with Gasteiger partial charge in [-0.2, -0.15) is 0 Å². The van der Waals surface area contributed by atoms with Crippen molar-refractivity contribution in [3.8, 4) is 0 Å². The Morgan fingerprint density at radius 1 is 1.08 bits per heavy atom. The number of benzene rings is 1. The van der Waals surface area contributed by atoms with Crippen LogP contribution in [0.5, 0.6) is 0 Å². The van der Waals surface area contributed by atoms with Crippen molar-refractivity contribution < 1.29 is 1.37 Å². The lowest BCUT2D eigenvalue weighted by Crippen LogP contribution is -2.28. The van der Waals surface area contributed by atoms with Gasteiger partial charge in [0.2, 0.25) is 0 Å². The monoisotopic (exact) mass is 176 g/mol.